The second kappa shape index (κ2) is 8.67. The molecule has 160 valence electrons. The minimum absolute atomic E-state index is 0.192. The Morgan fingerprint density at radius 2 is 1.87 bits per heavy atom. The van der Waals surface area contributed by atoms with E-state index in [4.69, 9.17) is 9.47 Å². The molecule has 2 heterocycles. The van der Waals surface area contributed by atoms with Gasteiger partial charge in [0.15, 0.2) is 11.6 Å². The molecule has 1 aliphatic rings. The number of ether oxygens (including phenoxy) is 2. The van der Waals surface area contributed by atoms with Crippen LogP contribution in [0.25, 0.3) is 11.1 Å². The Morgan fingerprint density at radius 3 is 2.58 bits per heavy atom. The molecule has 2 aromatic carbocycles. The molecule has 1 aromatic heterocycles. The number of benzene rings is 2. The van der Waals surface area contributed by atoms with Crippen molar-refractivity contribution in [3.8, 4) is 23.0 Å². The molecule has 0 bridgehead atoms. The molecule has 1 saturated heterocycles. The quantitative estimate of drug-likeness (QED) is 0.606. The molecule has 3 aromatic rings. The van der Waals surface area contributed by atoms with E-state index in [-0.39, 0.29) is 17.5 Å². The Morgan fingerprint density at radius 1 is 1.10 bits per heavy atom. The molecule has 8 heteroatoms. The molecule has 0 unspecified atom stereocenters. The Kier molecular flexibility index (Phi) is 5.79. The van der Waals surface area contributed by atoms with Crippen LogP contribution in [0.1, 0.15) is 34.8 Å². The molecular weight excluding hydrogens is 404 g/mol. The SMILES string of the molecule is COc1ncc(-c2ccc(C(=O)N3CCC[C@@H]3c3cccc(F)c3F)cc2)c(OC)n1. The smallest absolute Gasteiger partial charge is 0.319 e. The minimum Gasteiger partial charge on any atom is -0.480 e. The summed E-state index contributed by atoms with van der Waals surface area (Å²) in [7, 11) is 2.97. The molecule has 31 heavy (non-hydrogen) atoms. The van der Waals surface area contributed by atoms with Gasteiger partial charge < -0.3 is 14.4 Å². The molecule has 0 N–H and O–H groups in total. The van der Waals surface area contributed by atoms with Crippen LogP contribution in [0.2, 0.25) is 0 Å². The number of likely N-dealkylation sites (tertiary alicyclic amines) is 1. The van der Waals surface area contributed by atoms with Crippen LogP contribution in [0, 0.1) is 11.6 Å². The molecule has 0 spiro atoms. The lowest BCUT2D eigenvalue weighted by Crippen LogP contribution is -2.31. The zero-order valence-electron chi connectivity index (χ0n) is 17.1. The fourth-order valence-corrected chi connectivity index (χ4v) is 3.87. The van der Waals surface area contributed by atoms with Gasteiger partial charge in [-0.25, -0.2) is 13.8 Å². The summed E-state index contributed by atoms with van der Waals surface area (Å²) < 4.78 is 38.3. The number of methoxy groups -OCH3 is 2. The van der Waals surface area contributed by atoms with Crippen molar-refractivity contribution in [3.63, 3.8) is 0 Å². The molecule has 1 aliphatic heterocycles. The van der Waals surface area contributed by atoms with Gasteiger partial charge in [0.05, 0.1) is 25.8 Å². The number of hydrogen-bond acceptors (Lipinski definition) is 5. The van der Waals surface area contributed by atoms with Gasteiger partial charge in [-0.3, -0.25) is 4.79 Å². The highest BCUT2D eigenvalue weighted by molar-refractivity contribution is 5.95. The molecule has 0 saturated carbocycles. The molecule has 6 nitrogen and oxygen atoms in total. The third kappa shape index (κ3) is 3.93. The maximum Gasteiger partial charge on any atom is 0.319 e. The second-order valence-corrected chi connectivity index (χ2v) is 7.16. The first-order valence-corrected chi connectivity index (χ1v) is 9.83. The Bertz CT molecular complexity index is 1110. The number of amides is 1. The molecule has 1 atom stereocenters. The Labute approximate surface area is 178 Å². The number of carbonyl (C=O) groups excluding carboxylic acids is 1. The number of aromatic nitrogens is 2. The maximum absolute atomic E-state index is 14.3. The van der Waals surface area contributed by atoms with E-state index in [1.165, 1.54) is 26.4 Å². The van der Waals surface area contributed by atoms with Crippen molar-refractivity contribution in [2.75, 3.05) is 20.8 Å². The number of carbonyl (C=O) groups is 1. The lowest BCUT2D eigenvalue weighted by molar-refractivity contribution is 0.0733. The predicted octanol–water partition coefficient (Wildman–Crippen LogP) is 4.42. The summed E-state index contributed by atoms with van der Waals surface area (Å²) >= 11 is 0. The van der Waals surface area contributed by atoms with E-state index in [9.17, 15) is 13.6 Å². The fourth-order valence-electron chi connectivity index (χ4n) is 3.87. The summed E-state index contributed by atoms with van der Waals surface area (Å²) in [6.07, 6.45) is 2.90. The highest BCUT2D eigenvalue weighted by Gasteiger charge is 2.33. The third-order valence-corrected chi connectivity index (χ3v) is 5.40. The van der Waals surface area contributed by atoms with Crippen molar-refractivity contribution >= 4 is 5.91 Å². The van der Waals surface area contributed by atoms with Gasteiger partial charge in [-0.05, 0) is 36.6 Å². The number of hydrogen-bond donors (Lipinski definition) is 0. The average Bonchev–Trinajstić information content (AvgIpc) is 3.29. The van der Waals surface area contributed by atoms with Crippen molar-refractivity contribution in [2.24, 2.45) is 0 Å². The lowest BCUT2D eigenvalue weighted by Gasteiger charge is -2.25. The van der Waals surface area contributed by atoms with Crippen LogP contribution < -0.4 is 9.47 Å². The van der Waals surface area contributed by atoms with Gasteiger partial charge in [0.1, 0.15) is 0 Å². The highest BCUT2D eigenvalue weighted by atomic mass is 19.2. The van der Waals surface area contributed by atoms with E-state index in [1.54, 1.807) is 35.4 Å². The molecule has 1 fully saturated rings. The number of halogens is 2. The van der Waals surface area contributed by atoms with E-state index in [2.05, 4.69) is 9.97 Å². The van der Waals surface area contributed by atoms with Gasteiger partial charge in [0, 0.05) is 23.9 Å². The average molecular weight is 425 g/mol. The summed E-state index contributed by atoms with van der Waals surface area (Å²) in [5.41, 5.74) is 2.09. The van der Waals surface area contributed by atoms with Gasteiger partial charge in [-0.2, -0.15) is 4.98 Å². The number of nitrogens with zero attached hydrogens (tertiary/aromatic N) is 3. The van der Waals surface area contributed by atoms with Crippen LogP contribution in [0.5, 0.6) is 11.9 Å². The standard InChI is InChI=1S/C23H21F2N3O3/c1-30-21-17(13-26-23(27-21)31-2)14-8-10-15(11-9-14)22(29)28-12-4-7-19(28)16-5-3-6-18(24)20(16)25/h3,5-6,8-11,13,19H,4,7,12H2,1-2H3/t19-/m1/s1. The van der Waals surface area contributed by atoms with E-state index >= 15 is 0 Å². The van der Waals surface area contributed by atoms with Crippen molar-refractivity contribution in [1.29, 1.82) is 0 Å². The lowest BCUT2D eigenvalue weighted by atomic mass is 10.0. The highest BCUT2D eigenvalue weighted by Crippen LogP contribution is 2.35. The summed E-state index contributed by atoms with van der Waals surface area (Å²) in [5.74, 6) is -1.67. The summed E-state index contributed by atoms with van der Waals surface area (Å²) in [5, 5.41) is 0. The molecule has 0 radical (unpaired) electrons. The van der Waals surface area contributed by atoms with Crippen LogP contribution in [0.3, 0.4) is 0 Å². The van der Waals surface area contributed by atoms with E-state index < -0.39 is 17.7 Å². The first kappa shape index (κ1) is 20.7. The topological polar surface area (TPSA) is 64.5 Å². The van der Waals surface area contributed by atoms with Crippen molar-refractivity contribution < 1.29 is 23.0 Å². The Balaban J connectivity index is 1.59. The maximum atomic E-state index is 14.3. The van der Waals surface area contributed by atoms with Crippen LogP contribution >= 0.6 is 0 Å². The first-order valence-electron chi connectivity index (χ1n) is 9.83. The fraction of sp³-hybridized carbons (Fsp3) is 0.261. The van der Waals surface area contributed by atoms with Crippen LogP contribution in [-0.4, -0.2) is 41.5 Å². The molecule has 4 rings (SSSR count). The van der Waals surface area contributed by atoms with E-state index in [0.29, 0.717) is 30.0 Å². The zero-order chi connectivity index (χ0) is 22.0. The van der Waals surface area contributed by atoms with Crippen molar-refractivity contribution in [3.05, 3.63) is 71.4 Å². The Hall–Kier alpha value is -3.55. The van der Waals surface area contributed by atoms with Gasteiger partial charge in [0.25, 0.3) is 5.91 Å². The molecule has 1 amide bonds. The third-order valence-electron chi connectivity index (χ3n) is 5.40. The first-order chi connectivity index (χ1) is 15.0. The summed E-state index contributed by atoms with van der Waals surface area (Å²) in [4.78, 5) is 23.0. The van der Waals surface area contributed by atoms with Gasteiger partial charge in [-0.1, -0.05) is 24.3 Å². The molecular formula is C23H21F2N3O3. The summed E-state index contributed by atoms with van der Waals surface area (Å²) in [6.45, 7) is 0.487. The van der Waals surface area contributed by atoms with Crippen molar-refractivity contribution in [1.82, 2.24) is 14.9 Å². The normalized spacial score (nSPS) is 15.7. The largest absolute Gasteiger partial charge is 0.480 e. The zero-order valence-corrected chi connectivity index (χ0v) is 17.1. The monoisotopic (exact) mass is 425 g/mol. The van der Waals surface area contributed by atoms with Crippen LogP contribution in [0.4, 0.5) is 8.78 Å². The van der Waals surface area contributed by atoms with Crippen molar-refractivity contribution in [2.45, 2.75) is 18.9 Å². The van der Waals surface area contributed by atoms with E-state index in [1.807, 2.05) is 0 Å². The minimum atomic E-state index is -0.906. The van der Waals surface area contributed by atoms with Gasteiger partial charge >= 0.3 is 6.01 Å². The summed E-state index contributed by atoms with van der Waals surface area (Å²) in [6, 6.07) is 10.7. The van der Waals surface area contributed by atoms with Crippen LogP contribution in [0.15, 0.2) is 48.7 Å². The predicted molar refractivity (Wildman–Crippen MR) is 110 cm³/mol. The number of rotatable bonds is 5. The van der Waals surface area contributed by atoms with E-state index in [0.717, 1.165) is 18.1 Å². The second-order valence-electron chi connectivity index (χ2n) is 7.16. The van der Waals surface area contributed by atoms with Gasteiger partial charge in [0.2, 0.25) is 5.88 Å². The van der Waals surface area contributed by atoms with Gasteiger partial charge in [-0.15, -0.1) is 0 Å². The van der Waals surface area contributed by atoms with Crippen LogP contribution in [-0.2, 0) is 0 Å². The molecule has 0 aliphatic carbocycles.